The summed E-state index contributed by atoms with van der Waals surface area (Å²) in [6, 6.07) is 7.49. The number of benzene rings is 1. The lowest BCUT2D eigenvalue weighted by Crippen LogP contribution is -2.47. The summed E-state index contributed by atoms with van der Waals surface area (Å²) in [5, 5.41) is 0. The van der Waals surface area contributed by atoms with Crippen molar-refractivity contribution in [3.05, 3.63) is 23.8 Å². The molecule has 1 aromatic carbocycles. The summed E-state index contributed by atoms with van der Waals surface area (Å²) < 4.78 is 5.75. The highest BCUT2D eigenvalue weighted by Crippen LogP contribution is 2.49. The summed E-state index contributed by atoms with van der Waals surface area (Å²) in [7, 11) is 1.88. The van der Waals surface area contributed by atoms with Gasteiger partial charge >= 0.3 is 0 Å². The van der Waals surface area contributed by atoms with E-state index in [1.807, 2.05) is 7.11 Å². The molecule has 0 unspecified atom stereocenters. The Bertz CT molecular complexity index is 758. The van der Waals surface area contributed by atoms with Gasteiger partial charge < -0.3 is 14.5 Å². The average molecular weight is 484 g/mol. The van der Waals surface area contributed by atoms with Crippen LogP contribution in [-0.4, -0.2) is 63.9 Å². The van der Waals surface area contributed by atoms with E-state index in [-0.39, 0.29) is 0 Å². The first-order valence-electron chi connectivity index (χ1n) is 15.0. The quantitative estimate of drug-likeness (QED) is 0.331. The zero-order valence-electron chi connectivity index (χ0n) is 23.4. The first-order valence-corrected chi connectivity index (χ1v) is 15.0. The molecule has 0 radical (unpaired) electrons. The van der Waals surface area contributed by atoms with Crippen molar-refractivity contribution in [2.45, 2.75) is 103 Å². The Kier molecular flexibility index (Phi) is 9.81. The Morgan fingerprint density at radius 2 is 1.63 bits per heavy atom. The molecule has 1 aromatic rings. The molecule has 0 bridgehead atoms. The van der Waals surface area contributed by atoms with Crippen LogP contribution in [0.4, 0.5) is 11.4 Å². The molecule has 1 saturated carbocycles. The van der Waals surface area contributed by atoms with Crippen molar-refractivity contribution in [3.63, 3.8) is 0 Å². The number of rotatable bonds is 10. The van der Waals surface area contributed by atoms with Crippen LogP contribution in [-0.2, 0) is 4.74 Å². The zero-order chi connectivity index (χ0) is 24.7. The predicted molar refractivity (Wildman–Crippen MR) is 151 cm³/mol. The van der Waals surface area contributed by atoms with Gasteiger partial charge in [0.1, 0.15) is 0 Å². The highest BCUT2D eigenvalue weighted by Gasteiger charge is 2.34. The minimum Gasteiger partial charge on any atom is -0.380 e. The fourth-order valence-electron chi connectivity index (χ4n) is 7.01. The Morgan fingerprint density at radius 1 is 0.886 bits per heavy atom. The topological polar surface area (TPSA) is 19.0 Å². The molecule has 198 valence electrons. The summed E-state index contributed by atoms with van der Waals surface area (Å²) in [5.74, 6) is 0.710. The van der Waals surface area contributed by atoms with Gasteiger partial charge in [-0.1, -0.05) is 46.5 Å². The highest BCUT2D eigenvalue weighted by atomic mass is 16.5. The van der Waals surface area contributed by atoms with Crippen molar-refractivity contribution in [1.82, 2.24) is 4.90 Å². The summed E-state index contributed by atoms with van der Waals surface area (Å²) in [5.41, 5.74) is 5.19. The molecule has 4 heteroatoms. The van der Waals surface area contributed by atoms with E-state index in [0.717, 1.165) is 13.1 Å². The molecule has 4 nitrogen and oxygen atoms in total. The van der Waals surface area contributed by atoms with E-state index in [1.165, 1.54) is 115 Å². The van der Waals surface area contributed by atoms with Crippen molar-refractivity contribution < 1.29 is 4.74 Å². The van der Waals surface area contributed by atoms with Crippen LogP contribution in [0.3, 0.4) is 0 Å². The third-order valence-corrected chi connectivity index (χ3v) is 9.86. The number of ether oxygens (including phenoxy) is 1. The molecular weight excluding hydrogens is 430 g/mol. The molecule has 35 heavy (non-hydrogen) atoms. The minimum absolute atomic E-state index is 0.372. The Morgan fingerprint density at radius 3 is 2.29 bits per heavy atom. The van der Waals surface area contributed by atoms with Gasteiger partial charge in [0.05, 0.1) is 6.10 Å². The van der Waals surface area contributed by atoms with Crippen LogP contribution in [0, 0.1) is 5.41 Å². The van der Waals surface area contributed by atoms with Gasteiger partial charge in [-0.25, -0.2) is 0 Å². The maximum Gasteiger partial charge on any atom is 0.0746 e. The molecule has 1 atom stereocenters. The molecule has 0 N–H and O–H groups in total. The van der Waals surface area contributed by atoms with E-state index < -0.39 is 0 Å². The van der Waals surface area contributed by atoms with E-state index in [4.69, 9.17) is 4.74 Å². The van der Waals surface area contributed by atoms with Crippen LogP contribution in [0.15, 0.2) is 18.2 Å². The van der Waals surface area contributed by atoms with Crippen LogP contribution < -0.4 is 9.80 Å². The van der Waals surface area contributed by atoms with Gasteiger partial charge in [-0.05, 0) is 86.6 Å². The van der Waals surface area contributed by atoms with E-state index in [2.05, 4.69) is 53.7 Å². The predicted octanol–water partition coefficient (Wildman–Crippen LogP) is 7.08. The van der Waals surface area contributed by atoms with Gasteiger partial charge in [-0.3, -0.25) is 4.90 Å². The van der Waals surface area contributed by atoms with Crippen molar-refractivity contribution in [2.75, 3.05) is 62.7 Å². The Balaban J connectivity index is 1.52. The largest absolute Gasteiger partial charge is 0.380 e. The number of anilines is 2. The summed E-state index contributed by atoms with van der Waals surface area (Å²) in [6.07, 6.45) is 15.0. The molecule has 3 aliphatic rings. The molecule has 2 aliphatic heterocycles. The van der Waals surface area contributed by atoms with Crippen LogP contribution in [0.2, 0.25) is 0 Å². The molecule has 3 fully saturated rings. The summed E-state index contributed by atoms with van der Waals surface area (Å²) in [4.78, 5) is 7.99. The van der Waals surface area contributed by atoms with Gasteiger partial charge in [0.2, 0.25) is 0 Å². The van der Waals surface area contributed by atoms with Crippen LogP contribution >= 0.6 is 0 Å². The fraction of sp³-hybridized carbons (Fsp3) is 0.806. The second-order valence-electron chi connectivity index (χ2n) is 11.7. The second-order valence-corrected chi connectivity index (χ2v) is 11.7. The van der Waals surface area contributed by atoms with E-state index in [9.17, 15) is 0 Å². The van der Waals surface area contributed by atoms with E-state index >= 15 is 0 Å². The maximum absolute atomic E-state index is 5.75. The van der Waals surface area contributed by atoms with E-state index in [0.29, 0.717) is 17.4 Å². The molecule has 0 spiro atoms. The third-order valence-electron chi connectivity index (χ3n) is 9.86. The molecule has 2 heterocycles. The van der Waals surface area contributed by atoms with Crippen LogP contribution in [0.25, 0.3) is 0 Å². The van der Waals surface area contributed by atoms with Gasteiger partial charge in [0.15, 0.2) is 0 Å². The SMILES string of the molecule is CCCCCN1CCN(c2ccc(N3CCC[C@H](OC)C3)cc2C2CCC(CC)(CC)CC2)CC1. The van der Waals surface area contributed by atoms with Gasteiger partial charge in [0.25, 0.3) is 0 Å². The normalized spacial score (nSPS) is 24.2. The lowest BCUT2D eigenvalue weighted by molar-refractivity contribution is 0.0893. The number of unbranched alkanes of at least 4 members (excludes halogenated alkanes) is 2. The van der Waals surface area contributed by atoms with Gasteiger partial charge in [0, 0.05) is 57.8 Å². The average Bonchev–Trinajstić information content (AvgIpc) is 2.93. The second kappa shape index (κ2) is 12.8. The molecule has 2 saturated heterocycles. The number of hydrogen-bond donors (Lipinski definition) is 0. The Hall–Kier alpha value is -1.26. The van der Waals surface area contributed by atoms with Crippen molar-refractivity contribution in [3.8, 4) is 0 Å². The summed E-state index contributed by atoms with van der Waals surface area (Å²) >= 11 is 0. The maximum atomic E-state index is 5.75. The van der Waals surface area contributed by atoms with Crippen molar-refractivity contribution in [2.24, 2.45) is 5.41 Å². The zero-order valence-corrected chi connectivity index (χ0v) is 23.4. The molecule has 1 aliphatic carbocycles. The summed E-state index contributed by atoms with van der Waals surface area (Å²) in [6.45, 7) is 15.4. The first kappa shape index (κ1) is 26.8. The van der Waals surface area contributed by atoms with E-state index in [1.54, 1.807) is 5.56 Å². The first-order chi connectivity index (χ1) is 17.1. The minimum atomic E-state index is 0.372. The lowest BCUT2D eigenvalue weighted by atomic mass is 9.66. The van der Waals surface area contributed by atoms with Gasteiger partial charge in [-0.2, -0.15) is 0 Å². The molecule has 0 amide bonds. The van der Waals surface area contributed by atoms with Crippen molar-refractivity contribution in [1.29, 1.82) is 0 Å². The molecule has 0 aromatic heterocycles. The number of hydrogen-bond acceptors (Lipinski definition) is 4. The molecular formula is C31H53N3O. The number of piperidine rings is 1. The van der Waals surface area contributed by atoms with Gasteiger partial charge in [-0.15, -0.1) is 0 Å². The number of piperazine rings is 1. The van der Waals surface area contributed by atoms with Crippen LogP contribution in [0.5, 0.6) is 0 Å². The fourth-order valence-corrected chi connectivity index (χ4v) is 7.01. The lowest BCUT2D eigenvalue weighted by Gasteiger charge is -2.42. The number of methoxy groups -OCH3 is 1. The Labute approximate surface area is 216 Å². The highest BCUT2D eigenvalue weighted by molar-refractivity contribution is 5.64. The molecule has 4 rings (SSSR count). The standard InChI is InChI=1S/C31H53N3O/c1-5-8-9-18-32-20-22-33(23-21-32)30-13-12-27(34-19-10-11-28(25-34)35-4)24-29(30)26-14-16-31(6-2,7-3)17-15-26/h12-13,24,26,28H,5-11,14-23,25H2,1-4H3/t28-/m0/s1. The van der Waals surface area contributed by atoms with Crippen LogP contribution in [0.1, 0.15) is 103 Å². The van der Waals surface area contributed by atoms with Crippen molar-refractivity contribution >= 4 is 11.4 Å². The smallest absolute Gasteiger partial charge is 0.0746 e. The number of nitrogens with zero attached hydrogens (tertiary/aromatic N) is 3. The third kappa shape index (κ3) is 6.55. The monoisotopic (exact) mass is 483 g/mol.